The van der Waals surface area contributed by atoms with Crippen LogP contribution in [0.4, 0.5) is 11.6 Å². The minimum Gasteiger partial charge on any atom is -0.370 e. The van der Waals surface area contributed by atoms with E-state index in [9.17, 15) is 0 Å². The molecule has 0 spiro atoms. The summed E-state index contributed by atoms with van der Waals surface area (Å²) in [5.74, 6) is 3.25. The maximum Gasteiger partial charge on any atom is 0.137 e. The first-order chi connectivity index (χ1) is 9.86. The van der Waals surface area contributed by atoms with E-state index in [0.717, 1.165) is 49.1 Å². The highest BCUT2D eigenvalue weighted by molar-refractivity contribution is 5.58. The fourth-order valence-corrected chi connectivity index (χ4v) is 2.02. The normalized spacial score (nSPS) is 11.3. The van der Waals surface area contributed by atoms with Crippen molar-refractivity contribution < 1.29 is 0 Å². The van der Waals surface area contributed by atoms with Gasteiger partial charge in [0.1, 0.15) is 17.5 Å². The van der Waals surface area contributed by atoms with Gasteiger partial charge in [0.05, 0.1) is 0 Å². The largest absolute Gasteiger partial charge is 0.370 e. The topological polar surface area (TPSA) is 44.3 Å². The van der Waals surface area contributed by atoms with Gasteiger partial charge in [0.2, 0.25) is 0 Å². The summed E-state index contributed by atoms with van der Waals surface area (Å²) in [6, 6.07) is 0. The SMILES string of the molecule is CCCNc1nc(C(C)C)nc(N(C)CCN(C)C)c1C. The predicted molar refractivity (Wildman–Crippen MR) is 91.5 cm³/mol. The van der Waals surface area contributed by atoms with Crippen molar-refractivity contribution >= 4 is 11.6 Å². The van der Waals surface area contributed by atoms with Crippen molar-refractivity contribution in [3.05, 3.63) is 11.4 Å². The van der Waals surface area contributed by atoms with Gasteiger partial charge in [-0.3, -0.25) is 0 Å². The van der Waals surface area contributed by atoms with Gasteiger partial charge in [-0.05, 0) is 27.4 Å². The molecule has 1 rings (SSSR count). The molecule has 1 aromatic rings. The van der Waals surface area contributed by atoms with E-state index in [-0.39, 0.29) is 0 Å². The summed E-state index contributed by atoms with van der Waals surface area (Å²) < 4.78 is 0. The van der Waals surface area contributed by atoms with E-state index in [1.54, 1.807) is 0 Å². The molecule has 0 saturated heterocycles. The minimum atomic E-state index is 0.328. The fourth-order valence-electron chi connectivity index (χ4n) is 2.02. The maximum absolute atomic E-state index is 4.77. The Hall–Kier alpha value is -1.36. The van der Waals surface area contributed by atoms with Gasteiger partial charge >= 0.3 is 0 Å². The molecule has 1 N–H and O–H groups in total. The van der Waals surface area contributed by atoms with Crippen molar-refractivity contribution in [2.45, 2.75) is 40.0 Å². The lowest BCUT2D eigenvalue weighted by Crippen LogP contribution is -2.30. The van der Waals surface area contributed by atoms with E-state index in [0.29, 0.717) is 5.92 Å². The molecule has 5 heteroatoms. The third kappa shape index (κ3) is 5.16. The van der Waals surface area contributed by atoms with Crippen molar-refractivity contribution in [1.82, 2.24) is 14.9 Å². The average Bonchev–Trinajstić information content (AvgIpc) is 2.43. The molecule has 5 nitrogen and oxygen atoms in total. The molecule has 0 radical (unpaired) electrons. The third-order valence-corrected chi connectivity index (χ3v) is 3.44. The summed E-state index contributed by atoms with van der Waals surface area (Å²) >= 11 is 0. The number of anilines is 2. The lowest BCUT2D eigenvalue weighted by Gasteiger charge is -2.24. The van der Waals surface area contributed by atoms with Gasteiger partial charge in [0.25, 0.3) is 0 Å². The van der Waals surface area contributed by atoms with Crippen molar-refractivity contribution in [2.24, 2.45) is 0 Å². The van der Waals surface area contributed by atoms with Crippen LogP contribution in [0.3, 0.4) is 0 Å². The molecule has 0 amide bonds. The van der Waals surface area contributed by atoms with Crippen molar-refractivity contribution in [2.75, 3.05) is 51.0 Å². The van der Waals surface area contributed by atoms with Crippen molar-refractivity contribution in [3.8, 4) is 0 Å². The van der Waals surface area contributed by atoms with E-state index in [4.69, 9.17) is 4.98 Å². The second-order valence-electron chi connectivity index (χ2n) is 6.19. The molecule has 0 atom stereocenters. The standard InChI is InChI=1S/C16H31N5/c1-8-9-17-15-13(4)16(19-14(18-15)12(2)3)21(7)11-10-20(5)6/h12H,8-11H2,1-7H3,(H,17,18,19). The molecule has 0 unspecified atom stereocenters. The molecule has 0 fully saturated rings. The Balaban J connectivity index is 3.07. The Labute approximate surface area is 129 Å². The number of hydrogen-bond donors (Lipinski definition) is 1. The zero-order valence-corrected chi connectivity index (χ0v) is 14.7. The number of likely N-dealkylation sites (N-methyl/N-ethyl adjacent to an activating group) is 2. The molecule has 0 aliphatic heterocycles. The maximum atomic E-state index is 4.77. The summed E-state index contributed by atoms with van der Waals surface area (Å²) in [5, 5.41) is 3.43. The lowest BCUT2D eigenvalue weighted by molar-refractivity contribution is 0.416. The zero-order chi connectivity index (χ0) is 16.0. The highest BCUT2D eigenvalue weighted by atomic mass is 15.2. The minimum absolute atomic E-state index is 0.328. The summed E-state index contributed by atoms with van der Waals surface area (Å²) in [4.78, 5) is 13.9. The van der Waals surface area contributed by atoms with Crippen LogP contribution >= 0.6 is 0 Å². The quantitative estimate of drug-likeness (QED) is 0.798. The molecule has 0 aliphatic rings. The van der Waals surface area contributed by atoms with Crippen LogP contribution in [0.2, 0.25) is 0 Å². The van der Waals surface area contributed by atoms with Gasteiger partial charge in [-0.2, -0.15) is 0 Å². The van der Waals surface area contributed by atoms with Gasteiger partial charge in [0, 0.05) is 38.2 Å². The van der Waals surface area contributed by atoms with E-state index in [2.05, 4.69) is 68.9 Å². The van der Waals surface area contributed by atoms with Crippen molar-refractivity contribution in [1.29, 1.82) is 0 Å². The van der Waals surface area contributed by atoms with Gasteiger partial charge in [-0.25, -0.2) is 9.97 Å². The van der Waals surface area contributed by atoms with E-state index < -0.39 is 0 Å². The molecule has 120 valence electrons. The summed E-state index contributed by atoms with van der Waals surface area (Å²) in [5.41, 5.74) is 1.13. The number of rotatable bonds is 8. The summed E-state index contributed by atoms with van der Waals surface area (Å²) in [6.07, 6.45) is 1.09. The third-order valence-electron chi connectivity index (χ3n) is 3.44. The number of aromatic nitrogens is 2. The Morgan fingerprint density at radius 3 is 2.29 bits per heavy atom. The van der Waals surface area contributed by atoms with Gasteiger partial charge in [-0.1, -0.05) is 20.8 Å². The summed E-state index contributed by atoms with van der Waals surface area (Å²) in [7, 11) is 6.29. The van der Waals surface area contributed by atoms with Crippen LogP contribution in [0.5, 0.6) is 0 Å². The highest BCUT2D eigenvalue weighted by Crippen LogP contribution is 2.25. The van der Waals surface area contributed by atoms with Crippen LogP contribution < -0.4 is 10.2 Å². The molecule has 0 aliphatic carbocycles. The van der Waals surface area contributed by atoms with Gasteiger partial charge in [-0.15, -0.1) is 0 Å². The van der Waals surface area contributed by atoms with Crippen LogP contribution in [0.25, 0.3) is 0 Å². The van der Waals surface area contributed by atoms with Crippen LogP contribution in [-0.4, -0.2) is 55.6 Å². The predicted octanol–water partition coefficient (Wildman–Crippen LogP) is 2.73. The smallest absolute Gasteiger partial charge is 0.137 e. The number of nitrogens with zero attached hydrogens (tertiary/aromatic N) is 4. The second-order valence-corrected chi connectivity index (χ2v) is 6.19. The van der Waals surface area contributed by atoms with E-state index in [1.807, 2.05) is 0 Å². The van der Waals surface area contributed by atoms with Gasteiger partial charge in [0.15, 0.2) is 0 Å². The monoisotopic (exact) mass is 293 g/mol. The zero-order valence-electron chi connectivity index (χ0n) is 14.7. The molecule has 1 heterocycles. The van der Waals surface area contributed by atoms with Crippen LogP contribution in [0, 0.1) is 6.92 Å². The molecular weight excluding hydrogens is 262 g/mol. The Morgan fingerprint density at radius 2 is 1.76 bits per heavy atom. The highest BCUT2D eigenvalue weighted by Gasteiger charge is 2.15. The van der Waals surface area contributed by atoms with Crippen molar-refractivity contribution in [3.63, 3.8) is 0 Å². The molecular formula is C16H31N5. The molecule has 1 aromatic heterocycles. The van der Waals surface area contributed by atoms with Gasteiger partial charge < -0.3 is 15.1 Å². The average molecular weight is 293 g/mol. The first-order valence-electron chi connectivity index (χ1n) is 7.85. The first kappa shape index (κ1) is 17.7. The summed E-state index contributed by atoms with van der Waals surface area (Å²) in [6.45, 7) is 11.4. The van der Waals surface area contributed by atoms with E-state index >= 15 is 0 Å². The molecule has 21 heavy (non-hydrogen) atoms. The molecule has 0 bridgehead atoms. The number of hydrogen-bond acceptors (Lipinski definition) is 5. The molecule has 0 aromatic carbocycles. The Kier molecular flexibility index (Phi) is 6.89. The second kappa shape index (κ2) is 8.17. The first-order valence-corrected chi connectivity index (χ1v) is 7.85. The fraction of sp³-hybridized carbons (Fsp3) is 0.750. The molecule has 0 saturated carbocycles. The van der Waals surface area contributed by atoms with E-state index in [1.165, 1.54) is 0 Å². The van der Waals surface area contributed by atoms with Crippen LogP contribution in [0.15, 0.2) is 0 Å². The lowest BCUT2D eigenvalue weighted by atomic mass is 10.2. The van der Waals surface area contributed by atoms with Crippen LogP contribution in [-0.2, 0) is 0 Å². The number of nitrogens with one attached hydrogen (secondary N) is 1. The Bertz CT molecular complexity index is 443. The Morgan fingerprint density at radius 1 is 1.10 bits per heavy atom. The van der Waals surface area contributed by atoms with Crippen LogP contribution in [0.1, 0.15) is 44.5 Å².